The molecular formula is C10H21NO2S. The molecule has 0 aromatic heterocycles. The molecule has 1 N–H and O–H groups in total. The minimum absolute atomic E-state index is 0.161. The monoisotopic (exact) mass is 219 g/mol. The van der Waals surface area contributed by atoms with Crippen molar-refractivity contribution in [2.24, 2.45) is 5.41 Å². The Morgan fingerprint density at radius 1 is 1.36 bits per heavy atom. The van der Waals surface area contributed by atoms with Crippen LogP contribution in [0.3, 0.4) is 0 Å². The van der Waals surface area contributed by atoms with E-state index in [4.69, 9.17) is 0 Å². The van der Waals surface area contributed by atoms with E-state index in [1.165, 1.54) is 0 Å². The highest BCUT2D eigenvalue weighted by molar-refractivity contribution is 7.91. The van der Waals surface area contributed by atoms with Gasteiger partial charge in [-0.25, -0.2) is 8.42 Å². The van der Waals surface area contributed by atoms with E-state index in [0.717, 1.165) is 6.42 Å². The molecule has 3 nitrogen and oxygen atoms in total. The summed E-state index contributed by atoms with van der Waals surface area (Å²) in [6, 6.07) is 0.509. The van der Waals surface area contributed by atoms with E-state index in [1.807, 2.05) is 0 Å². The summed E-state index contributed by atoms with van der Waals surface area (Å²) >= 11 is 0. The van der Waals surface area contributed by atoms with Crippen LogP contribution < -0.4 is 5.32 Å². The molecule has 0 spiro atoms. The van der Waals surface area contributed by atoms with Gasteiger partial charge < -0.3 is 5.32 Å². The van der Waals surface area contributed by atoms with Gasteiger partial charge in [-0.15, -0.1) is 0 Å². The third-order valence-corrected chi connectivity index (χ3v) is 4.79. The van der Waals surface area contributed by atoms with Gasteiger partial charge in [-0.2, -0.15) is 0 Å². The van der Waals surface area contributed by atoms with Crippen LogP contribution >= 0.6 is 0 Å². The molecule has 2 atom stereocenters. The molecule has 0 amide bonds. The first kappa shape index (κ1) is 12.0. The van der Waals surface area contributed by atoms with Gasteiger partial charge in [0.05, 0.1) is 11.5 Å². The summed E-state index contributed by atoms with van der Waals surface area (Å²) in [7, 11) is -2.75. The van der Waals surface area contributed by atoms with Gasteiger partial charge in [0.25, 0.3) is 0 Å². The maximum absolute atomic E-state index is 11.2. The van der Waals surface area contributed by atoms with Gasteiger partial charge in [0, 0.05) is 12.1 Å². The lowest BCUT2D eigenvalue weighted by Gasteiger charge is -2.30. The van der Waals surface area contributed by atoms with E-state index >= 15 is 0 Å². The van der Waals surface area contributed by atoms with Crippen LogP contribution in [0.2, 0.25) is 0 Å². The van der Waals surface area contributed by atoms with Gasteiger partial charge in [0.1, 0.15) is 0 Å². The van der Waals surface area contributed by atoms with Crippen molar-refractivity contribution in [2.45, 2.75) is 46.2 Å². The van der Waals surface area contributed by atoms with Crippen molar-refractivity contribution >= 4 is 9.84 Å². The second-order valence-electron chi connectivity index (χ2n) is 5.35. The molecule has 1 heterocycles. The maximum atomic E-state index is 11.2. The summed E-state index contributed by atoms with van der Waals surface area (Å²) in [5, 5.41) is 3.40. The van der Waals surface area contributed by atoms with Gasteiger partial charge in [0.2, 0.25) is 0 Å². The quantitative estimate of drug-likeness (QED) is 0.759. The Morgan fingerprint density at radius 2 is 1.93 bits per heavy atom. The minimum atomic E-state index is -2.75. The second kappa shape index (κ2) is 3.81. The number of hydrogen-bond acceptors (Lipinski definition) is 3. The molecular weight excluding hydrogens is 198 g/mol. The molecule has 1 aliphatic rings. The van der Waals surface area contributed by atoms with Crippen molar-refractivity contribution in [1.29, 1.82) is 0 Å². The Kier molecular flexibility index (Phi) is 3.26. The molecule has 0 aromatic carbocycles. The lowest BCUT2D eigenvalue weighted by Crippen LogP contribution is -2.44. The predicted octanol–water partition coefficient (Wildman–Crippen LogP) is 1.20. The molecule has 4 heteroatoms. The van der Waals surface area contributed by atoms with Crippen LogP contribution in [-0.2, 0) is 9.84 Å². The second-order valence-corrected chi connectivity index (χ2v) is 7.58. The normalized spacial score (nSPS) is 29.0. The van der Waals surface area contributed by atoms with E-state index in [1.54, 1.807) is 0 Å². The molecule has 14 heavy (non-hydrogen) atoms. The fourth-order valence-electron chi connectivity index (χ4n) is 1.53. The van der Waals surface area contributed by atoms with Crippen LogP contribution in [0.4, 0.5) is 0 Å². The molecule has 84 valence electrons. The van der Waals surface area contributed by atoms with E-state index in [-0.39, 0.29) is 11.5 Å². The Morgan fingerprint density at radius 3 is 2.29 bits per heavy atom. The topological polar surface area (TPSA) is 46.2 Å². The van der Waals surface area contributed by atoms with Gasteiger partial charge in [-0.3, -0.25) is 0 Å². The first-order valence-electron chi connectivity index (χ1n) is 5.17. The smallest absolute Gasteiger partial charge is 0.151 e. The Labute approximate surface area is 87.2 Å². The molecule has 1 aliphatic heterocycles. The van der Waals surface area contributed by atoms with Crippen LogP contribution in [0, 0.1) is 5.41 Å². The predicted molar refractivity (Wildman–Crippen MR) is 59.1 cm³/mol. The van der Waals surface area contributed by atoms with Gasteiger partial charge in [-0.1, -0.05) is 20.8 Å². The average molecular weight is 219 g/mol. The van der Waals surface area contributed by atoms with Crippen molar-refractivity contribution < 1.29 is 8.42 Å². The highest BCUT2D eigenvalue weighted by Crippen LogP contribution is 2.21. The number of sulfone groups is 1. The molecule has 0 radical (unpaired) electrons. The van der Waals surface area contributed by atoms with E-state index in [2.05, 4.69) is 33.0 Å². The van der Waals surface area contributed by atoms with E-state index < -0.39 is 9.84 Å². The molecule has 0 aliphatic carbocycles. The zero-order chi connectivity index (χ0) is 11.0. The summed E-state index contributed by atoms with van der Waals surface area (Å²) in [4.78, 5) is 0. The zero-order valence-electron chi connectivity index (χ0n) is 9.50. The number of rotatable bonds is 2. The fourth-order valence-corrected chi connectivity index (χ4v) is 3.22. The van der Waals surface area contributed by atoms with E-state index in [0.29, 0.717) is 17.5 Å². The minimum Gasteiger partial charge on any atom is -0.310 e. The summed E-state index contributed by atoms with van der Waals surface area (Å²) < 4.78 is 22.5. The highest BCUT2D eigenvalue weighted by atomic mass is 32.2. The first-order valence-corrected chi connectivity index (χ1v) is 6.99. The lowest BCUT2D eigenvalue weighted by atomic mass is 9.87. The molecule has 0 saturated carbocycles. The summed E-state index contributed by atoms with van der Waals surface area (Å²) in [6.45, 7) is 8.60. The standard InChI is InChI=1S/C10H21NO2S/c1-8(10(2,3)4)11-9-5-6-14(12,13)7-9/h8-9,11H,5-7H2,1-4H3. The SMILES string of the molecule is CC(NC1CCS(=O)(=O)C1)C(C)(C)C. The van der Waals surface area contributed by atoms with Gasteiger partial charge in [0.15, 0.2) is 9.84 Å². The largest absolute Gasteiger partial charge is 0.310 e. The van der Waals surface area contributed by atoms with Crippen LogP contribution in [0.5, 0.6) is 0 Å². The molecule has 1 rings (SSSR count). The first-order chi connectivity index (χ1) is 6.21. The van der Waals surface area contributed by atoms with Crippen LogP contribution in [-0.4, -0.2) is 32.0 Å². The third kappa shape index (κ3) is 3.24. The molecule has 1 saturated heterocycles. The zero-order valence-corrected chi connectivity index (χ0v) is 10.3. The fraction of sp³-hybridized carbons (Fsp3) is 1.00. The molecule has 1 fully saturated rings. The van der Waals surface area contributed by atoms with Crippen molar-refractivity contribution in [3.8, 4) is 0 Å². The average Bonchev–Trinajstić information content (AvgIpc) is 2.28. The van der Waals surface area contributed by atoms with Gasteiger partial charge >= 0.3 is 0 Å². The highest BCUT2D eigenvalue weighted by Gasteiger charge is 2.30. The molecule has 0 aromatic rings. The third-order valence-electron chi connectivity index (χ3n) is 3.02. The summed E-state index contributed by atoms with van der Waals surface area (Å²) in [6.07, 6.45) is 0.767. The molecule has 0 bridgehead atoms. The van der Waals surface area contributed by atoms with Crippen LogP contribution in [0.1, 0.15) is 34.1 Å². The number of nitrogens with one attached hydrogen (secondary N) is 1. The summed E-state index contributed by atoms with van der Waals surface area (Å²) in [5.74, 6) is 0.662. The Balaban J connectivity index is 2.48. The van der Waals surface area contributed by atoms with Crippen LogP contribution in [0.25, 0.3) is 0 Å². The van der Waals surface area contributed by atoms with Crippen molar-refractivity contribution in [1.82, 2.24) is 5.32 Å². The van der Waals surface area contributed by atoms with Crippen molar-refractivity contribution in [3.63, 3.8) is 0 Å². The van der Waals surface area contributed by atoms with E-state index in [9.17, 15) is 8.42 Å². The number of hydrogen-bond donors (Lipinski definition) is 1. The van der Waals surface area contributed by atoms with Crippen LogP contribution in [0.15, 0.2) is 0 Å². The van der Waals surface area contributed by atoms with Crippen molar-refractivity contribution in [2.75, 3.05) is 11.5 Å². The van der Waals surface area contributed by atoms with Crippen molar-refractivity contribution in [3.05, 3.63) is 0 Å². The summed E-state index contributed by atoms with van der Waals surface area (Å²) in [5.41, 5.74) is 0.187. The lowest BCUT2D eigenvalue weighted by molar-refractivity contribution is 0.268. The molecule has 2 unspecified atom stereocenters. The maximum Gasteiger partial charge on any atom is 0.151 e. The Bertz CT molecular complexity index is 290. The Hall–Kier alpha value is -0.0900. The van der Waals surface area contributed by atoms with Gasteiger partial charge in [-0.05, 0) is 18.8 Å².